The summed E-state index contributed by atoms with van der Waals surface area (Å²) in [6, 6.07) is 7.15. The van der Waals surface area contributed by atoms with Crippen molar-refractivity contribution in [1.29, 1.82) is 0 Å². The van der Waals surface area contributed by atoms with Gasteiger partial charge in [-0.25, -0.2) is 0 Å². The van der Waals surface area contributed by atoms with Crippen molar-refractivity contribution in [3.05, 3.63) is 50.3 Å². The van der Waals surface area contributed by atoms with Crippen LogP contribution in [-0.4, -0.2) is 0 Å². The van der Waals surface area contributed by atoms with Gasteiger partial charge in [-0.15, -0.1) is 0 Å². The van der Waals surface area contributed by atoms with E-state index in [0.29, 0.717) is 5.56 Å². The number of hydrogen-bond acceptors (Lipinski definition) is 1. The summed E-state index contributed by atoms with van der Waals surface area (Å²) in [6.07, 6.45) is 0. The Balaban J connectivity index is 3.02. The van der Waals surface area contributed by atoms with Gasteiger partial charge in [-0.2, -0.15) is 0 Å². The molecule has 1 aromatic rings. The first-order valence-electron chi connectivity index (χ1n) is 3.96. The van der Waals surface area contributed by atoms with Gasteiger partial charge in [0.15, 0.2) is 0 Å². The highest BCUT2D eigenvalue weighted by atomic mass is 35.5. The Labute approximate surface area is 102 Å². The number of hydrogen-bond donors (Lipinski definition) is 0. The molecule has 3 nitrogen and oxygen atoms in total. The first kappa shape index (κ1) is 12.2. The Morgan fingerprint density at radius 3 is 2.67 bits per heavy atom. The standard InChI is InChI=1S/C9H6Cl3N3/c10-8(9(11)12)7-3-1-2-6(4-7)5-14-15-13/h1-4H,5H2. The lowest BCUT2D eigenvalue weighted by molar-refractivity contribution is 1.05. The molecule has 0 N–H and O–H groups in total. The molecule has 0 aromatic heterocycles. The monoisotopic (exact) mass is 261 g/mol. The topological polar surface area (TPSA) is 48.8 Å². The van der Waals surface area contributed by atoms with Gasteiger partial charge in [0, 0.05) is 4.91 Å². The van der Waals surface area contributed by atoms with Crippen molar-refractivity contribution in [2.75, 3.05) is 0 Å². The van der Waals surface area contributed by atoms with Crippen molar-refractivity contribution >= 4 is 39.8 Å². The molecule has 1 rings (SSSR count). The van der Waals surface area contributed by atoms with Gasteiger partial charge in [0.25, 0.3) is 0 Å². The Kier molecular flexibility index (Phi) is 4.79. The van der Waals surface area contributed by atoms with E-state index in [1.807, 2.05) is 6.07 Å². The Bertz CT molecular complexity index is 432. The van der Waals surface area contributed by atoms with Crippen LogP contribution in [0.5, 0.6) is 0 Å². The average molecular weight is 263 g/mol. The van der Waals surface area contributed by atoms with Crippen LogP contribution >= 0.6 is 34.8 Å². The molecule has 0 spiro atoms. The van der Waals surface area contributed by atoms with E-state index in [1.54, 1.807) is 18.2 Å². The van der Waals surface area contributed by atoms with Crippen LogP contribution in [0.25, 0.3) is 15.5 Å². The van der Waals surface area contributed by atoms with Crippen LogP contribution in [-0.2, 0) is 6.54 Å². The first-order valence-corrected chi connectivity index (χ1v) is 5.09. The molecular formula is C9H6Cl3N3. The van der Waals surface area contributed by atoms with E-state index in [4.69, 9.17) is 40.3 Å². The predicted molar refractivity (Wildman–Crippen MR) is 63.8 cm³/mol. The number of benzene rings is 1. The lowest BCUT2D eigenvalue weighted by Crippen LogP contribution is -1.83. The molecule has 0 atom stereocenters. The van der Waals surface area contributed by atoms with Crippen LogP contribution in [0.15, 0.2) is 33.9 Å². The van der Waals surface area contributed by atoms with E-state index >= 15 is 0 Å². The van der Waals surface area contributed by atoms with Crippen molar-refractivity contribution in [1.82, 2.24) is 0 Å². The molecule has 0 aliphatic rings. The quantitative estimate of drug-likeness (QED) is 0.425. The van der Waals surface area contributed by atoms with Crippen molar-refractivity contribution < 1.29 is 0 Å². The summed E-state index contributed by atoms with van der Waals surface area (Å²) in [5.74, 6) is 0. The molecule has 15 heavy (non-hydrogen) atoms. The number of rotatable bonds is 3. The fourth-order valence-electron chi connectivity index (χ4n) is 1.03. The normalized spacial score (nSPS) is 9.27. The van der Waals surface area contributed by atoms with Crippen LogP contribution in [0, 0.1) is 0 Å². The molecule has 0 bridgehead atoms. The lowest BCUT2D eigenvalue weighted by atomic mass is 10.1. The van der Waals surface area contributed by atoms with Crippen LogP contribution < -0.4 is 0 Å². The zero-order valence-electron chi connectivity index (χ0n) is 7.49. The summed E-state index contributed by atoms with van der Waals surface area (Å²) in [6.45, 7) is 0.272. The second kappa shape index (κ2) is 5.89. The molecule has 78 valence electrons. The maximum atomic E-state index is 8.18. The third kappa shape index (κ3) is 3.65. The molecule has 1 aromatic carbocycles. The van der Waals surface area contributed by atoms with Gasteiger partial charge in [0.2, 0.25) is 0 Å². The van der Waals surface area contributed by atoms with Crippen molar-refractivity contribution in [3.63, 3.8) is 0 Å². The lowest BCUT2D eigenvalue weighted by Gasteiger charge is -2.01. The summed E-state index contributed by atoms with van der Waals surface area (Å²) in [4.78, 5) is 2.67. The fourth-order valence-corrected chi connectivity index (χ4v) is 1.36. The summed E-state index contributed by atoms with van der Waals surface area (Å²) >= 11 is 17.0. The maximum Gasteiger partial charge on any atom is 0.126 e. The van der Waals surface area contributed by atoms with Gasteiger partial charge in [0.1, 0.15) is 4.49 Å². The summed E-state index contributed by atoms with van der Waals surface area (Å²) in [5.41, 5.74) is 9.72. The molecular weight excluding hydrogens is 256 g/mol. The molecule has 0 unspecified atom stereocenters. The smallest absolute Gasteiger partial charge is 0.0893 e. The van der Waals surface area contributed by atoms with Gasteiger partial charge in [-0.05, 0) is 16.7 Å². The molecule has 0 saturated carbocycles. The van der Waals surface area contributed by atoms with Crippen LogP contribution in [0.3, 0.4) is 0 Å². The van der Waals surface area contributed by atoms with E-state index in [1.165, 1.54) is 0 Å². The van der Waals surface area contributed by atoms with Gasteiger partial charge in [0.05, 0.1) is 11.6 Å². The molecule has 6 heteroatoms. The predicted octanol–water partition coefficient (Wildman–Crippen LogP) is 4.84. The largest absolute Gasteiger partial charge is 0.126 e. The third-order valence-corrected chi connectivity index (χ3v) is 2.64. The zero-order valence-corrected chi connectivity index (χ0v) is 9.76. The summed E-state index contributed by atoms with van der Waals surface area (Å²) in [5, 5.41) is 3.72. The van der Waals surface area contributed by atoms with Crippen LogP contribution in [0.4, 0.5) is 0 Å². The molecule has 0 radical (unpaired) electrons. The van der Waals surface area contributed by atoms with Gasteiger partial charge < -0.3 is 0 Å². The highest BCUT2D eigenvalue weighted by Gasteiger charge is 2.03. The highest BCUT2D eigenvalue weighted by molar-refractivity contribution is 6.66. The Morgan fingerprint density at radius 2 is 2.07 bits per heavy atom. The maximum absolute atomic E-state index is 8.18. The summed E-state index contributed by atoms with van der Waals surface area (Å²) in [7, 11) is 0. The SMILES string of the molecule is [N-]=[N+]=NCc1cccc(C(Cl)=C(Cl)Cl)c1. The molecule has 0 aliphatic carbocycles. The number of azide groups is 1. The zero-order chi connectivity index (χ0) is 11.3. The molecule has 0 saturated heterocycles. The van der Waals surface area contributed by atoms with E-state index in [9.17, 15) is 0 Å². The number of halogens is 3. The van der Waals surface area contributed by atoms with E-state index < -0.39 is 0 Å². The minimum absolute atomic E-state index is 0.0117. The van der Waals surface area contributed by atoms with E-state index in [-0.39, 0.29) is 16.1 Å². The second-order valence-corrected chi connectivity index (χ2v) is 3.99. The molecule has 0 aliphatic heterocycles. The minimum Gasteiger partial charge on any atom is -0.0893 e. The van der Waals surface area contributed by atoms with Crippen LogP contribution in [0.1, 0.15) is 11.1 Å². The highest BCUT2D eigenvalue weighted by Crippen LogP contribution is 2.28. The number of nitrogens with zero attached hydrogens (tertiary/aromatic N) is 3. The fraction of sp³-hybridized carbons (Fsp3) is 0.111. The second-order valence-electron chi connectivity index (χ2n) is 2.66. The molecule has 0 fully saturated rings. The average Bonchev–Trinajstić information content (AvgIpc) is 2.25. The van der Waals surface area contributed by atoms with Gasteiger partial charge >= 0.3 is 0 Å². The van der Waals surface area contributed by atoms with Crippen molar-refractivity contribution in [2.45, 2.75) is 6.54 Å². The summed E-state index contributed by atoms with van der Waals surface area (Å²) < 4.78 is 0.0117. The van der Waals surface area contributed by atoms with Gasteiger partial charge in [-0.1, -0.05) is 64.2 Å². The van der Waals surface area contributed by atoms with Crippen molar-refractivity contribution in [2.24, 2.45) is 5.11 Å². The van der Waals surface area contributed by atoms with E-state index in [0.717, 1.165) is 5.56 Å². The third-order valence-electron chi connectivity index (χ3n) is 1.66. The minimum atomic E-state index is 0.0117. The first-order chi connectivity index (χ1) is 7.15. The van der Waals surface area contributed by atoms with Crippen molar-refractivity contribution in [3.8, 4) is 0 Å². The Hall–Kier alpha value is -0.860. The molecule has 0 amide bonds. The Morgan fingerprint density at radius 1 is 1.33 bits per heavy atom. The van der Waals surface area contributed by atoms with Gasteiger partial charge in [-0.3, -0.25) is 0 Å². The van der Waals surface area contributed by atoms with E-state index in [2.05, 4.69) is 10.0 Å². The molecule has 0 heterocycles. The van der Waals surface area contributed by atoms with Crippen LogP contribution in [0.2, 0.25) is 0 Å².